The highest BCUT2D eigenvalue weighted by Gasteiger charge is 2.19. The van der Waals surface area contributed by atoms with E-state index >= 15 is 0 Å². The molecule has 5 heteroatoms. The zero-order valence-corrected chi connectivity index (χ0v) is 9.78. The molecule has 0 saturated carbocycles. The number of hydrogen-bond acceptors (Lipinski definition) is 5. The van der Waals surface area contributed by atoms with Crippen LogP contribution in [0.15, 0.2) is 17.8 Å². The second-order valence-corrected chi connectivity index (χ2v) is 5.07. The summed E-state index contributed by atoms with van der Waals surface area (Å²) in [5.74, 6) is 1.08. The molecular formula is C11H14N4S. The number of anilines is 1. The molecule has 0 bridgehead atoms. The molecule has 0 amide bonds. The van der Waals surface area contributed by atoms with Crippen molar-refractivity contribution >= 4 is 27.4 Å². The van der Waals surface area contributed by atoms with E-state index in [1.54, 1.807) is 17.7 Å². The number of thiophene rings is 1. The first-order valence-electron chi connectivity index (χ1n) is 5.53. The predicted octanol–water partition coefficient (Wildman–Crippen LogP) is 1.62. The van der Waals surface area contributed by atoms with Gasteiger partial charge in [0, 0.05) is 19.1 Å². The number of aromatic nitrogens is 2. The zero-order chi connectivity index (χ0) is 11.0. The summed E-state index contributed by atoms with van der Waals surface area (Å²) in [6.07, 6.45) is 3.76. The van der Waals surface area contributed by atoms with Gasteiger partial charge in [0.05, 0.1) is 10.2 Å². The Balaban J connectivity index is 1.96. The Labute approximate surface area is 98.1 Å². The van der Waals surface area contributed by atoms with E-state index in [0.717, 1.165) is 37.3 Å². The molecule has 1 fully saturated rings. The van der Waals surface area contributed by atoms with Crippen LogP contribution in [0.5, 0.6) is 0 Å². The Hall–Kier alpha value is -1.20. The molecule has 1 aliphatic heterocycles. The molecule has 0 unspecified atom stereocenters. The molecule has 84 valence electrons. The van der Waals surface area contributed by atoms with Crippen molar-refractivity contribution in [2.75, 3.05) is 18.0 Å². The maximum atomic E-state index is 5.91. The van der Waals surface area contributed by atoms with E-state index in [1.807, 2.05) is 6.07 Å². The van der Waals surface area contributed by atoms with Crippen molar-refractivity contribution in [3.63, 3.8) is 0 Å². The lowest BCUT2D eigenvalue weighted by molar-refractivity contribution is 0.499. The molecule has 16 heavy (non-hydrogen) atoms. The van der Waals surface area contributed by atoms with Crippen LogP contribution in [0, 0.1) is 0 Å². The van der Waals surface area contributed by atoms with Crippen LogP contribution < -0.4 is 10.6 Å². The number of nitrogens with zero attached hydrogens (tertiary/aromatic N) is 3. The van der Waals surface area contributed by atoms with E-state index in [-0.39, 0.29) is 0 Å². The van der Waals surface area contributed by atoms with E-state index in [4.69, 9.17) is 5.73 Å². The molecule has 4 nitrogen and oxygen atoms in total. The Morgan fingerprint density at radius 3 is 2.94 bits per heavy atom. The summed E-state index contributed by atoms with van der Waals surface area (Å²) in [5, 5.41) is 2.07. The van der Waals surface area contributed by atoms with Crippen LogP contribution in [0.4, 0.5) is 5.82 Å². The van der Waals surface area contributed by atoms with Gasteiger partial charge in [-0.2, -0.15) is 0 Å². The molecule has 2 N–H and O–H groups in total. The average molecular weight is 234 g/mol. The molecule has 0 spiro atoms. The Morgan fingerprint density at radius 1 is 1.31 bits per heavy atom. The summed E-state index contributed by atoms with van der Waals surface area (Å²) in [6, 6.07) is 2.40. The van der Waals surface area contributed by atoms with Gasteiger partial charge < -0.3 is 10.6 Å². The fourth-order valence-corrected chi connectivity index (χ4v) is 2.97. The van der Waals surface area contributed by atoms with E-state index in [9.17, 15) is 0 Å². The van der Waals surface area contributed by atoms with Crippen molar-refractivity contribution in [1.82, 2.24) is 9.97 Å². The van der Waals surface area contributed by atoms with E-state index in [0.29, 0.717) is 6.04 Å². The lowest BCUT2D eigenvalue weighted by Crippen LogP contribution is -2.40. The third-order valence-corrected chi connectivity index (χ3v) is 3.96. The van der Waals surface area contributed by atoms with Gasteiger partial charge in [0.25, 0.3) is 0 Å². The van der Waals surface area contributed by atoms with E-state index in [2.05, 4.69) is 20.2 Å². The van der Waals surface area contributed by atoms with Crippen LogP contribution in [-0.2, 0) is 0 Å². The summed E-state index contributed by atoms with van der Waals surface area (Å²) < 4.78 is 1.19. The number of hydrogen-bond donors (Lipinski definition) is 1. The minimum Gasteiger partial charge on any atom is -0.355 e. The predicted molar refractivity (Wildman–Crippen MR) is 66.8 cm³/mol. The van der Waals surface area contributed by atoms with Crippen molar-refractivity contribution in [3.8, 4) is 0 Å². The molecule has 2 aromatic rings. The lowest BCUT2D eigenvalue weighted by Gasteiger charge is -2.31. The topological polar surface area (TPSA) is 55.0 Å². The summed E-state index contributed by atoms with van der Waals surface area (Å²) in [6.45, 7) is 2.01. The first-order chi connectivity index (χ1) is 7.84. The normalized spacial score (nSPS) is 18.2. The highest BCUT2D eigenvalue weighted by Crippen LogP contribution is 2.29. The maximum Gasteiger partial charge on any atom is 0.150 e. The largest absolute Gasteiger partial charge is 0.355 e. The van der Waals surface area contributed by atoms with Crippen molar-refractivity contribution in [2.45, 2.75) is 18.9 Å². The van der Waals surface area contributed by atoms with Gasteiger partial charge in [0.15, 0.2) is 0 Å². The fourth-order valence-electron chi connectivity index (χ4n) is 2.11. The highest BCUT2D eigenvalue weighted by atomic mass is 32.1. The van der Waals surface area contributed by atoms with Crippen molar-refractivity contribution in [3.05, 3.63) is 17.8 Å². The monoisotopic (exact) mass is 234 g/mol. The summed E-state index contributed by atoms with van der Waals surface area (Å²) in [7, 11) is 0. The van der Waals surface area contributed by atoms with Gasteiger partial charge in [-0.15, -0.1) is 11.3 Å². The van der Waals surface area contributed by atoms with Crippen LogP contribution in [0.25, 0.3) is 10.2 Å². The second kappa shape index (κ2) is 3.99. The average Bonchev–Trinajstić information content (AvgIpc) is 2.78. The van der Waals surface area contributed by atoms with Gasteiger partial charge in [-0.25, -0.2) is 9.97 Å². The third-order valence-electron chi connectivity index (χ3n) is 3.06. The van der Waals surface area contributed by atoms with E-state index < -0.39 is 0 Å². The van der Waals surface area contributed by atoms with Crippen molar-refractivity contribution < 1.29 is 0 Å². The smallest absolute Gasteiger partial charge is 0.150 e. The zero-order valence-electron chi connectivity index (χ0n) is 8.97. The van der Waals surface area contributed by atoms with Gasteiger partial charge >= 0.3 is 0 Å². The van der Waals surface area contributed by atoms with Gasteiger partial charge in [-0.05, 0) is 24.3 Å². The summed E-state index contributed by atoms with van der Waals surface area (Å²) in [5.41, 5.74) is 6.96. The van der Waals surface area contributed by atoms with Crippen LogP contribution >= 0.6 is 11.3 Å². The van der Waals surface area contributed by atoms with Gasteiger partial charge in [0.2, 0.25) is 0 Å². The quantitative estimate of drug-likeness (QED) is 0.814. The van der Waals surface area contributed by atoms with Crippen LogP contribution in [0.3, 0.4) is 0 Å². The Morgan fingerprint density at radius 2 is 2.12 bits per heavy atom. The molecular weight excluding hydrogens is 220 g/mol. The molecule has 3 rings (SSSR count). The molecule has 3 heterocycles. The van der Waals surface area contributed by atoms with Crippen molar-refractivity contribution in [1.29, 1.82) is 0 Å². The Bertz CT molecular complexity index is 487. The lowest BCUT2D eigenvalue weighted by atomic mass is 10.1. The number of rotatable bonds is 1. The van der Waals surface area contributed by atoms with Gasteiger partial charge in [0.1, 0.15) is 12.1 Å². The van der Waals surface area contributed by atoms with Crippen LogP contribution in [0.2, 0.25) is 0 Å². The Kier molecular flexibility index (Phi) is 2.49. The fraction of sp³-hybridized carbons (Fsp3) is 0.455. The van der Waals surface area contributed by atoms with E-state index in [1.165, 1.54) is 4.70 Å². The molecule has 0 radical (unpaired) electrons. The molecule has 1 saturated heterocycles. The minimum atomic E-state index is 0.358. The molecule has 0 aromatic carbocycles. The molecule has 0 aliphatic carbocycles. The molecule has 1 aliphatic rings. The SMILES string of the molecule is NC1CCN(c2ncnc3ccsc23)CC1. The summed E-state index contributed by atoms with van der Waals surface area (Å²) in [4.78, 5) is 11.0. The van der Waals surface area contributed by atoms with Gasteiger partial charge in [-0.1, -0.05) is 0 Å². The number of piperidine rings is 1. The standard InChI is InChI=1S/C11H14N4S/c12-8-1-4-15(5-2-8)11-10-9(3-6-16-10)13-7-14-11/h3,6-8H,1-2,4-5,12H2. The highest BCUT2D eigenvalue weighted by molar-refractivity contribution is 7.17. The van der Waals surface area contributed by atoms with Gasteiger partial charge in [-0.3, -0.25) is 0 Å². The molecule has 2 aromatic heterocycles. The third kappa shape index (κ3) is 1.66. The first kappa shape index (κ1) is 9.99. The molecule has 0 atom stereocenters. The minimum absolute atomic E-state index is 0.358. The maximum absolute atomic E-state index is 5.91. The summed E-state index contributed by atoms with van der Waals surface area (Å²) >= 11 is 1.71. The second-order valence-electron chi connectivity index (χ2n) is 4.16. The van der Waals surface area contributed by atoms with Crippen molar-refractivity contribution in [2.24, 2.45) is 5.73 Å². The first-order valence-corrected chi connectivity index (χ1v) is 6.41. The number of nitrogens with two attached hydrogens (primary N) is 1. The van der Waals surface area contributed by atoms with Crippen LogP contribution in [0.1, 0.15) is 12.8 Å². The van der Waals surface area contributed by atoms with Crippen LogP contribution in [-0.4, -0.2) is 29.1 Å². The number of fused-ring (bicyclic) bond motifs is 1.